The van der Waals surface area contributed by atoms with Crippen LogP contribution in [0.4, 0.5) is 4.79 Å². The summed E-state index contributed by atoms with van der Waals surface area (Å²) in [5.74, 6) is -0.568. The Kier molecular flexibility index (Phi) is 19.1. The third-order valence-corrected chi connectivity index (χ3v) is 10.9. The molecule has 1 aromatic carbocycles. The molecule has 3 amide bonds. The van der Waals surface area contributed by atoms with Gasteiger partial charge in [-0.1, -0.05) is 40.7 Å². The number of amides is 3. The van der Waals surface area contributed by atoms with Gasteiger partial charge in [0.05, 0.1) is 50.4 Å². The number of ether oxygens (including phenoxy) is 7. The zero-order valence-electron chi connectivity index (χ0n) is 35.1. The smallest absolute Gasteiger partial charge is 0.414 e. The van der Waals surface area contributed by atoms with Gasteiger partial charge in [-0.15, -0.1) is 0 Å². The first kappa shape index (κ1) is 46.7. The summed E-state index contributed by atoms with van der Waals surface area (Å²) in [6.45, 7) is 17.2. The van der Waals surface area contributed by atoms with E-state index in [1.54, 1.807) is 35.0 Å². The van der Waals surface area contributed by atoms with Gasteiger partial charge in [0, 0.05) is 52.2 Å². The monoisotopic (exact) mass is 792 g/mol. The summed E-state index contributed by atoms with van der Waals surface area (Å²) in [5.41, 5.74) is 5.68. The van der Waals surface area contributed by atoms with Crippen molar-refractivity contribution in [3.8, 4) is 11.5 Å². The molecular formula is C41H68N4O11. The van der Waals surface area contributed by atoms with Crippen LogP contribution in [0.1, 0.15) is 73.3 Å². The molecule has 5 unspecified atom stereocenters. The summed E-state index contributed by atoms with van der Waals surface area (Å²) in [5, 5.41) is 2.92. The van der Waals surface area contributed by atoms with E-state index in [-0.39, 0.29) is 36.9 Å². The molecule has 3 N–H and O–H groups in total. The summed E-state index contributed by atoms with van der Waals surface area (Å²) in [6, 6.07) is 5.46. The van der Waals surface area contributed by atoms with Gasteiger partial charge in [0.25, 0.3) is 0 Å². The van der Waals surface area contributed by atoms with E-state index in [1.165, 1.54) is 4.90 Å². The van der Waals surface area contributed by atoms with Crippen LogP contribution in [0.3, 0.4) is 0 Å². The number of esters is 1. The number of hydrogen-bond donors (Lipinski definition) is 2. The Morgan fingerprint density at radius 3 is 2.30 bits per heavy atom. The Balaban J connectivity index is 1.80. The molecule has 0 bridgehead atoms. The van der Waals surface area contributed by atoms with Crippen molar-refractivity contribution in [3.63, 3.8) is 0 Å². The lowest BCUT2D eigenvalue weighted by molar-refractivity contribution is -0.158. The van der Waals surface area contributed by atoms with Crippen LogP contribution in [0.25, 0.3) is 0 Å². The molecule has 56 heavy (non-hydrogen) atoms. The van der Waals surface area contributed by atoms with E-state index >= 15 is 0 Å². The van der Waals surface area contributed by atoms with Crippen molar-refractivity contribution in [2.24, 2.45) is 40.7 Å². The molecule has 15 heteroatoms. The lowest BCUT2D eigenvalue weighted by Gasteiger charge is -2.33. The van der Waals surface area contributed by atoms with E-state index in [1.807, 2.05) is 32.0 Å². The van der Waals surface area contributed by atoms with Gasteiger partial charge in [-0.25, -0.2) is 4.79 Å². The molecule has 0 radical (unpaired) electrons. The first-order valence-corrected chi connectivity index (χ1v) is 20.0. The molecule has 2 aliphatic rings. The average Bonchev–Trinajstić information content (AvgIpc) is 3.56. The Labute approximate surface area is 333 Å². The highest BCUT2D eigenvalue weighted by Crippen LogP contribution is 2.36. The van der Waals surface area contributed by atoms with Crippen molar-refractivity contribution in [3.05, 3.63) is 23.8 Å². The van der Waals surface area contributed by atoms with Crippen LogP contribution in [0.15, 0.2) is 18.2 Å². The van der Waals surface area contributed by atoms with Crippen molar-refractivity contribution in [1.82, 2.24) is 15.1 Å². The second kappa shape index (κ2) is 22.9. The minimum absolute atomic E-state index is 0.0521. The fraction of sp³-hybridized carbons (Fsp3) is 0.756. The predicted molar refractivity (Wildman–Crippen MR) is 210 cm³/mol. The molecule has 1 aromatic rings. The lowest BCUT2D eigenvalue weighted by Crippen LogP contribution is -2.47. The lowest BCUT2D eigenvalue weighted by atomic mass is 9.80. The summed E-state index contributed by atoms with van der Waals surface area (Å²) in [7, 11) is 3.27. The van der Waals surface area contributed by atoms with Crippen molar-refractivity contribution in [2.45, 2.75) is 86.3 Å². The maximum atomic E-state index is 13.7. The molecule has 2 aliphatic heterocycles. The van der Waals surface area contributed by atoms with Crippen LogP contribution in [-0.4, -0.2) is 126 Å². The number of morpholine rings is 1. The molecule has 0 spiro atoms. The fourth-order valence-corrected chi connectivity index (χ4v) is 6.89. The van der Waals surface area contributed by atoms with Crippen molar-refractivity contribution < 1.29 is 52.3 Å². The molecule has 2 saturated heterocycles. The molecule has 2 heterocycles. The molecule has 0 aromatic heterocycles. The fourth-order valence-electron chi connectivity index (χ4n) is 6.89. The van der Waals surface area contributed by atoms with Crippen molar-refractivity contribution in [2.75, 3.05) is 80.3 Å². The SMILES string of the molecule is COCCCOc1cc(CC(CC2C(CC(C(=O)NCC(C)(C)C(N)=O)C(C)C)OCN2C(=O)OCOC(=O)C(C)CN2CCOCC2)C(C)C)ccc1OC. The van der Waals surface area contributed by atoms with E-state index in [0.29, 0.717) is 63.7 Å². The Hall–Kier alpha value is -3.66. The normalized spacial score (nSPS) is 19.4. The van der Waals surface area contributed by atoms with Gasteiger partial charge >= 0.3 is 12.1 Å². The molecule has 2 fully saturated rings. The number of carbonyl (C=O) groups is 4. The molecule has 318 valence electrons. The number of methoxy groups -OCH3 is 2. The van der Waals surface area contributed by atoms with Crippen molar-refractivity contribution in [1.29, 1.82) is 0 Å². The van der Waals surface area contributed by atoms with E-state index in [9.17, 15) is 19.2 Å². The van der Waals surface area contributed by atoms with E-state index in [2.05, 4.69) is 24.1 Å². The first-order chi connectivity index (χ1) is 26.6. The quantitative estimate of drug-likeness (QED) is 0.0918. The number of benzene rings is 1. The zero-order valence-corrected chi connectivity index (χ0v) is 35.1. The number of hydrogen-bond acceptors (Lipinski definition) is 12. The number of carbonyl (C=O) groups excluding carboxylic acids is 4. The van der Waals surface area contributed by atoms with Gasteiger partial charge in [0.1, 0.15) is 6.73 Å². The molecule has 5 atom stereocenters. The minimum atomic E-state index is -0.922. The van der Waals surface area contributed by atoms with Gasteiger partial charge in [0.2, 0.25) is 18.6 Å². The van der Waals surface area contributed by atoms with Crippen LogP contribution >= 0.6 is 0 Å². The minimum Gasteiger partial charge on any atom is -0.493 e. The summed E-state index contributed by atoms with van der Waals surface area (Å²) in [4.78, 5) is 55.7. The number of nitrogens with zero attached hydrogens (tertiary/aromatic N) is 2. The zero-order chi connectivity index (χ0) is 41.4. The van der Waals surface area contributed by atoms with Crippen LogP contribution in [-0.2, 0) is 44.5 Å². The third kappa shape index (κ3) is 14.4. The van der Waals surface area contributed by atoms with Crippen LogP contribution in [0, 0.1) is 35.0 Å². The van der Waals surface area contributed by atoms with Crippen molar-refractivity contribution >= 4 is 23.9 Å². The number of primary amides is 1. The number of nitrogens with two attached hydrogens (primary N) is 1. The first-order valence-electron chi connectivity index (χ1n) is 20.0. The second-order valence-electron chi connectivity index (χ2n) is 16.4. The maximum absolute atomic E-state index is 13.7. The van der Waals surface area contributed by atoms with Gasteiger partial charge < -0.3 is 44.2 Å². The van der Waals surface area contributed by atoms with Crippen LogP contribution in [0.2, 0.25) is 0 Å². The molecule has 15 nitrogen and oxygen atoms in total. The van der Waals surface area contributed by atoms with E-state index in [0.717, 1.165) is 25.1 Å². The Morgan fingerprint density at radius 2 is 1.68 bits per heavy atom. The number of nitrogens with one attached hydrogen (secondary N) is 1. The predicted octanol–water partition coefficient (Wildman–Crippen LogP) is 4.24. The highest BCUT2D eigenvalue weighted by atomic mass is 16.7. The largest absolute Gasteiger partial charge is 0.493 e. The number of rotatable bonds is 23. The second-order valence-corrected chi connectivity index (χ2v) is 16.4. The van der Waals surface area contributed by atoms with E-state index in [4.69, 9.17) is 38.9 Å². The highest BCUT2D eigenvalue weighted by Gasteiger charge is 2.43. The summed E-state index contributed by atoms with van der Waals surface area (Å²) >= 11 is 0. The van der Waals surface area contributed by atoms with Crippen LogP contribution < -0.4 is 20.5 Å². The maximum Gasteiger partial charge on any atom is 0.414 e. The van der Waals surface area contributed by atoms with Gasteiger partial charge in [0.15, 0.2) is 11.5 Å². The summed E-state index contributed by atoms with van der Waals surface area (Å²) in [6.07, 6.45) is 1.12. The van der Waals surface area contributed by atoms with Gasteiger partial charge in [-0.05, 0) is 68.6 Å². The van der Waals surface area contributed by atoms with E-state index < -0.39 is 54.2 Å². The molecule has 3 rings (SSSR count). The third-order valence-electron chi connectivity index (χ3n) is 10.9. The van der Waals surface area contributed by atoms with Gasteiger partial charge in [-0.3, -0.25) is 24.2 Å². The van der Waals surface area contributed by atoms with Gasteiger partial charge in [-0.2, -0.15) is 0 Å². The highest BCUT2D eigenvalue weighted by molar-refractivity contribution is 5.83. The summed E-state index contributed by atoms with van der Waals surface area (Å²) < 4.78 is 39.4. The topological polar surface area (TPSA) is 177 Å². The Bertz CT molecular complexity index is 1400. The average molecular weight is 793 g/mol. The molecule has 0 saturated carbocycles. The standard InChI is InChI=1S/C41H68N4O11/c1-27(2)31(19-30-11-12-34(51-9)36(20-30)53-16-10-15-50-8)21-33-35(22-32(28(3)4)37(46)43-24-41(6,7)39(42)48)54-25-45(33)40(49)56-26-55-38(47)29(5)23-44-13-17-52-18-14-44/h11-12,20,27-29,31-33,35H,10,13-19,21-26H2,1-9H3,(H2,42,48)(H,43,46). The molecule has 0 aliphatic carbocycles. The molecular weight excluding hydrogens is 724 g/mol. The van der Waals surface area contributed by atoms with Crippen LogP contribution in [0.5, 0.6) is 11.5 Å². The Morgan fingerprint density at radius 1 is 0.964 bits per heavy atom.